The van der Waals surface area contributed by atoms with Crippen molar-refractivity contribution >= 4 is 5.91 Å². The molecule has 0 aromatic carbocycles. The van der Waals surface area contributed by atoms with Gasteiger partial charge in [-0.3, -0.25) is 9.69 Å². The van der Waals surface area contributed by atoms with Crippen LogP contribution in [0.4, 0.5) is 0 Å². The van der Waals surface area contributed by atoms with E-state index in [4.69, 9.17) is 5.73 Å². The lowest BCUT2D eigenvalue weighted by Gasteiger charge is -2.49. The summed E-state index contributed by atoms with van der Waals surface area (Å²) in [7, 11) is 0. The minimum absolute atomic E-state index is 0.144. The summed E-state index contributed by atoms with van der Waals surface area (Å²) in [5, 5.41) is 3.31. The average Bonchev–Trinajstić information content (AvgIpc) is 2.16. The fraction of sp³-hybridized carbons (Fsp3) is 0.909. The highest BCUT2D eigenvalue weighted by molar-refractivity contribution is 5.84. The molecule has 3 N–H and O–H groups in total. The van der Waals surface area contributed by atoms with Crippen LogP contribution in [0.1, 0.15) is 26.2 Å². The van der Waals surface area contributed by atoms with Crippen LogP contribution in [0, 0.1) is 5.92 Å². The molecule has 1 aliphatic heterocycles. The largest absolute Gasteiger partial charge is 0.368 e. The number of hydrogen-bond acceptors (Lipinski definition) is 3. The molecule has 1 saturated carbocycles. The molecule has 0 aromatic heterocycles. The smallest absolute Gasteiger partial charge is 0.237 e. The van der Waals surface area contributed by atoms with Gasteiger partial charge in [0, 0.05) is 26.2 Å². The molecule has 0 radical (unpaired) electrons. The molecule has 2 aliphatic rings. The maximum absolute atomic E-state index is 11.7. The van der Waals surface area contributed by atoms with E-state index in [2.05, 4.69) is 10.2 Å². The number of rotatable bonds is 3. The second kappa shape index (κ2) is 4.10. The topological polar surface area (TPSA) is 58.4 Å². The van der Waals surface area contributed by atoms with Gasteiger partial charge in [0.15, 0.2) is 0 Å². The number of carbonyl (C=O) groups is 1. The SMILES string of the molecule is CC(C(N)=O)(C1CCC1)N1CCNCC1. The molecule has 86 valence electrons. The Balaban J connectivity index is 2.12. The summed E-state index contributed by atoms with van der Waals surface area (Å²) < 4.78 is 0. The minimum atomic E-state index is -0.402. The van der Waals surface area contributed by atoms with Crippen LogP contribution in [0.5, 0.6) is 0 Å². The molecule has 0 bridgehead atoms. The Morgan fingerprint density at radius 3 is 2.40 bits per heavy atom. The summed E-state index contributed by atoms with van der Waals surface area (Å²) in [6.45, 7) is 5.85. The van der Waals surface area contributed by atoms with Crippen molar-refractivity contribution in [1.29, 1.82) is 0 Å². The summed E-state index contributed by atoms with van der Waals surface area (Å²) in [6.07, 6.45) is 3.56. The molecule has 2 rings (SSSR count). The molecule has 1 unspecified atom stereocenters. The highest BCUT2D eigenvalue weighted by Crippen LogP contribution is 2.39. The molecule has 1 saturated heterocycles. The zero-order valence-corrected chi connectivity index (χ0v) is 9.46. The van der Waals surface area contributed by atoms with Crippen LogP contribution in [0.2, 0.25) is 0 Å². The van der Waals surface area contributed by atoms with Crippen LogP contribution in [0.3, 0.4) is 0 Å². The molecule has 2 fully saturated rings. The Morgan fingerprint density at radius 1 is 1.40 bits per heavy atom. The predicted octanol–water partition coefficient (Wildman–Crippen LogP) is -0.0643. The second-order valence-electron chi connectivity index (χ2n) is 4.88. The summed E-state index contributed by atoms with van der Waals surface area (Å²) >= 11 is 0. The normalized spacial score (nSPS) is 28.1. The van der Waals surface area contributed by atoms with E-state index in [0.29, 0.717) is 5.92 Å². The van der Waals surface area contributed by atoms with Gasteiger partial charge in [-0.05, 0) is 25.7 Å². The summed E-state index contributed by atoms with van der Waals surface area (Å²) in [4.78, 5) is 14.0. The number of nitrogens with zero attached hydrogens (tertiary/aromatic N) is 1. The van der Waals surface area contributed by atoms with Gasteiger partial charge in [0.1, 0.15) is 5.54 Å². The van der Waals surface area contributed by atoms with Gasteiger partial charge in [-0.15, -0.1) is 0 Å². The number of carbonyl (C=O) groups excluding carboxylic acids is 1. The Morgan fingerprint density at radius 2 is 2.00 bits per heavy atom. The first-order chi connectivity index (χ1) is 7.15. The number of nitrogens with one attached hydrogen (secondary N) is 1. The third kappa shape index (κ3) is 1.76. The lowest BCUT2D eigenvalue weighted by atomic mass is 9.70. The number of primary amides is 1. The molecule has 1 amide bonds. The van der Waals surface area contributed by atoms with Gasteiger partial charge in [-0.1, -0.05) is 6.42 Å². The van der Waals surface area contributed by atoms with E-state index in [9.17, 15) is 4.79 Å². The van der Waals surface area contributed by atoms with E-state index >= 15 is 0 Å². The van der Waals surface area contributed by atoms with Crippen molar-refractivity contribution in [2.24, 2.45) is 11.7 Å². The highest BCUT2D eigenvalue weighted by Gasteiger charge is 2.47. The van der Waals surface area contributed by atoms with Gasteiger partial charge >= 0.3 is 0 Å². The molecule has 0 aromatic rings. The van der Waals surface area contributed by atoms with Gasteiger partial charge < -0.3 is 11.1 Å². The molecular weight excluding hydrogens is 190 g/mol. The van der Waals surface area contributed by atoms with Crippen LogP contribution >= 0.6 is 0 Å². The van der Waals surface area contributed by atoms with Crippen molar-refractivity contribution < 1.29 is 4.79 Å². The zero-order valence-electron chi connectivity index (χ0n) is 9.46. The summed E-state index contributed by atoms with van der Waals surface area (Å²) in [6, 6.07) is 0. The monoisotopic (exact) mass is 211 g/mol. The van der Waals surface area contributed by atoms with Gasteiger partial charge in [-0.25, -0.2) is 0 Å². The van der Waals surface area contributed by atoms with Crippen molar-refractivity contribution in [2.75, 3.05) is 26.2 Å². The van der Waals surface area contributed by atoms with Crippen molar-refractivity contribution in [2.45, 2.75) is 31.7 Å². The van der Waals surface area contributed by atoms with Crippen LogP contribution in [0.15, 0.2) is 0 Å². The molecule has 1 atom stereocenters. The molecule has 15 heavy (non-hydrogen) atoms. The molecular formula is C11H21N3O. The van der Waals surface area contributed by atoms with Crippen LogP contribution in [-0.4, -0.2) is 42.5 Å². The lowest BCUT2D eigenvalue weighted by molar-refractivity contribution is -0.136. The first kappa shape index (κ1) is 10.9. The zero-order chi connectivity index (χ0) is 10.9. The maximum Gasteiger partial charge on any atom is 0.237 e. The van der Waals surface area contributed by atoms with E-state index < -0.39 is 5.54 Å². The van der Waals surface area contributed by atoms with Crippen LogP contribution in [0.25, 0.3) is 0 Å². The Bertz CT molecular complexity index is 246. The first-order valence-corrected chi connectivity index (χ1v) is 5.91. The van der Waals surface area contributed by atoms with Crippen molar-refractivity contribution in [3.8, 4) is 0 Å². The predicted molar refractivity (Wildman–Crippen MR) is 59.4 cm³/mol. The Labute approximate surface area is 91.2 Å². The van der Waals surface area contributed by atoms with Crippen molar-refractivity contribution in [1.82, 2.24) is 10.2 Å². The van der Waals surface area contributed by atoms with E-state index in [1.807, 2.05) is 6.92 Å². The van der Waals surface area contributed by atoms with Crippen LogP contribution in [-0.2, 0) is 4.79 Å². The van der Waals surface area contributed by atoms with E-state index in [1.54, 1.807) is 0 Å². The van der Waals surface area contributed by atoms with Gasteiger partial charge in [-0.2, -0.15) is 0 Å². The maximum atomic E-state index is 11.7. The van der Waals surface area contributed by atoms with Crippen molar-refractivity contribution in [3.05, 3.63) is 0 Å². The van der Waals surface area contributed by atoms with E-state index in [1.165, 1.54) is 6.42 Å². The fourth-order valence-electron chi connectivity index (χ4n) is 2.71. The van der Waals surface area contributed by atoms with Crippen LogP contribution < -0.4 is 11.1 Å². The summed E-state index contributed by atoms with van der Waals surface area (Å²) in [5.74, 6) is 0.335. The number of nitrogens with two attached hydrogens (primary N) is 1. The standard InChI is InChI=1S/C11H21N3O/c1-11(10(12)15,9-3-2-4-9)14-7-5-13-6-8-14/h9,13H,2-8H2,1H3,(H2,12,15). The molecule has 4 nitrogen and oxygen atoms in total. The average molecular weight is 211 g/mol. The second-order valence-corrected chi connectivity index (χ2v) is 4.88. The highest BCUT2D eigenvalue weighted by atomic mass is 16.1. The quantitative estimate of drug-likeness (QED) is 0.687. The molecule has 0 spiro atoms. The molecule has 4 heteroatoms. The van der Waals surface area contributed by atoms with Crippen molar-refractivity contribution in [3.63, 3.8) is 0 Å². The van der Waals surface area contributed by atoms with Gasteiger partial charge in [0.05, 0.1) is 0 Å². The third-order valence-electron chi connectivity index (χ3n) is 4.17. The van der Waals surface area contributed by atoms with E-state index in [-0.39, 0.29) is 5.91 Å². The molecule has 1 aliphatic carbocycles. The third-order valence-corrected chi connectivity index (χ3v) is 4.17. The minimum Gasteiger partial charge on any atom is -0.368 e. The van der Waals surface area contributed by atoms with Gasteiger partial charge in [0.2, 0.25) is 5.91 Å². The Kier molecular flexibility index (Phi) is 2.98. The molecule has 1 heterocycles. The lowest BCUT2D eigenvalue weighted by Crippen LogP contribution is -2.65. The number of hydrogen-bond donors (Lipinski definition) is 2. The summed E-state index contributed by atoms with van der Waals surface area (Å²) in [5.41, 5.74) is 5.21. The number of amides is 1. The fourth-order valence-corrected chi connectivity index (χ4v) is 2.71. The van der Waals surface area contributed by atoms with E-state index in [0.717, 1.165) is 39.0 Å². The Hall–Kier alpha value is -0.610. The first-order valence-electron chi connectivity index (χ1n) is 5.91. The van der Waals surface area contributed by atoms with Gasteiger partial charge in [0.25, 0.3) is 0 Å². The number of piperazine rings is 1.